The molecule has 0 aromatic rings. The van der Waals surface area contributed by atoms with E-state index in [1.807, 2.05) is 6.08 Å². The fourth-order valence-electron chi connectivity index (χ4n) is 5.26. The number of likely N-dealkylation sites (N-methyl/N-ethyl adjacent to an activating group) is 1. The molecule has 0 heterocycles. The summed E-state index contributed by atoms with van der Waals surface area (Å²) in [5.74, 6) is -0.323. The van der Waals surface area contributed by atoms with Gasteiger partial charge in [-0.05, 0) is 51.4 Å². The Hall–Kier alpha value is -0.670. The number of ether oxygens (including phenoxy) is 2. The third kappa shape index (κ3) is 28.1. The molecule has 0 aliphatic heterocycles. The third-order valence-electron chi connectivity index (χ3n) is 8.00. The van der Waals surface area contributed by atoms with Crippen molar-refractivity contribution in [1.29, 1.82) is 0 Å². The molecule has 0 fully saturated rings. The first-order valence-corrected chi connectivity index (χ1v) is 17.2. The van der Waals surface area contributed by atoms with Gasteiger partial charge in [-0.25, -0.2) is 4.79 Å². The van der Waals surface area contributed by atoms with E-state index >= 15 is 0 Å². The maximum atomic E-state index is 12.9. The van der Waals surface area contributed by atoms with Gasteiger partial charge in [-0.1, -0.05) is 109 Å². The van der Waals surface area contributed by atoms with E-state index in [0.29, 0.717) is 30.3 Å². The van der Waals surface area contributed by atoms with E-state index in [-0.39, 0.29) is 35.9 Å². The van der Waals surface area contributed by atoms with Crippen LogP contribution in [0.2, 0.25) is 0 Å². The molecule has 2 unspecified atom stereocenters. The highest BCUT2D eigenvalue weighted by atomic mass is 127. The third-order valence-corrected chi connectivity index (χ3v) is 8.00. The summed E-state index contributed by atoms with van der Waals surface area (Å²) in [5, 5.41) is 10.9. The van der Waals surface area contributed by atoms with Crippen molar-refractivity contribution < 1.29 is 52.6 Å². The normalized spacial score (nSPS) is 13.1. The summed E-state index contributed by atoms with van der Waals surface area (Å²) in [6, 6.07) is 0. The number of rotatable bonds is 29. The molecular weight excluding hydrogens is 641 g/mol. The second kappa shape index (κ2) is 30.4. The van der Waals surface area contributed by atoms with Crippen molar-refractivity contribution in [2.24, 2.45) is 0 Å². The number of unbranched alkanes of at least 4 members (excludes halogenated alkanes) is 16. The lowest BCUT2D eigenvalue weighted by molar-refractivity contribution is -0.883. The van der Waals surface area contributed by atoms with Gasteiger partial charge in [0, 0.05) is 6.42 Å². The van der Waals surface area contributed by atoms with Gasteiger partial charge < -0.3 is 43.0 Å². The fourth-order valence-corrected chi connectivity index (χ4v) is 5.26. The van der Waals surface area contributed by atoms with Crippen LogP contribution in [-0.4, -0.2) is 68.0 Å². The molecule has 1 N–H and O–H groups in total. The van der Waals surface area contributed by atoms with Crippen LogP contribution in [0.25, 0.3) is 0 Å². The second-order valence-corrected chi connectivity index (χ2v) is 12.7. The average molecular weight is 710 g/mol. The van der Waals surface area contributed by atoms with Crippen LogP contribution in [0, 0.1) is 0 Å². The summed E-state index contributed by atoms with van der Waals surface area (Å²) in [6.45, 7) is 5.75. The van der Waals surface area contributed by atoms with Crippen LogP contribution in [0.5, 0.6) is 0 Å². The molecule has 0 amide bonds. The highest BCUT2D eigenvalue weighted by Crippen LogP contribution is 2.17. The van der Waals surface area contributed by atoms with Crippen LogP contribution >= 0.6 is 0 Å². The number of methoxy groups -OCH3 is 1. The summed E-state index contributed by atoms with van der Waals surface area (Å²) in [5.41, 5.74) is 0. The zero-order chi connectivity index (χ0) is 30.6. The van der Waals surface area contributed by atoms with Crippen LogP contribution < -0.4 is 24.0 Å². The highest BCUT2D eigenvalue weighted by Gasteiger charge is 2.27. The standard InChI is InChI=1S/C35H68NO5.HI/c1-6-8-10-11-12-13-16-19-22-26-30-36(3,4)31-35(39)41-33(28-23-9-7-2)32(37)27-24-20-17-14-15-18-21-25-29-34(38)40-5;/h20,24,32-33,37H,6-19,21-23,25-31H2,1-5H3;1H/q+1;/p-1/b24-20+;. The molecule has 0 saturated heterocycles. The Bertz CT molecular complexity index is 655. The van der Waals surface area contributed by atoms with Crippen molar-refractivity contribution in [3.05, 3.63) is 12.2 Å². The van der Waals surface area contributed by atoms with E-state index in [1.165, 1.54) is 64.9 Å². The highest BCUT2D eigenvalue weighted by molar-refractivity contribution is 5.70. The van der Waals surface area contributed by atoms with Crippen LogP contribution in [0.15, 0.2) is 12.2 Å². The van der Waals surface area contributed by atoms with Gasteiger partial charge in [-0.2, -0.15) is 0 Å². The number of hydrogen-bond acceptors (Lipinski definition) is 5. The van der Waals surface area contributed by atoms with Crippen LogP contribution in [0.3, 0.4) is 0 Å². The Labute approximate surface area is 277 Å². The van der Waals surface area contributed by atoms with Crippen LogP contribution in [-0.2, 0) is 19.1 Å². The maximum absolute atomic E-state index is 12.9. The summed E-state index contributed by atoms with van der Waals surface area (Å²) in [6.07, 6.45) is 27.4. The van der Waals surface area contributed by atoms with E-state index < -0.39 is 12.2 Å². The molecule has 0 aromatic carbocycles. The van der Waals surface area contributed by atoms with Crippen LogP contribution in [0.1, 0.15) is 155 Å². The van der Waals surface area contributed by atoms with Crippen molar-refractivity contribution in [3.8, 4) is 0 Å². The van der Waals surface area contributed by atoms with Crippen molar-refractivity contribution in [1.82, 2.24) is 0 Å². The molecule has 250 valence electrons. The van der Waals surface area contributed by atoms with E-state index in [0.717, 1.165) is 70.8 Å². The molecule has 0 spiro atoms. The largest absolute Gasteiger partial charge is 1.00 e. The van der Waals surface area contributed by atoms with Crippen molar-refractivity contribution >= 4 is 11.9 Å². The molecular formula is C35H68INO5. The Kier molecular flexibility index (Phi) is 31.4. The predicted octanol–water partition coefficient (Wildman–Crippen LogP) is 5.69. The Morgan fingerprint density at radius 2 is 1.24 bits per heavy atom. The first kappa shape index (κ1) is 43.5. The lowest BCUT2D eigenvalue weighted by Crippen LogP contribution is -3.00. The Balaban J connectivity index is 0. The molecule has 0 bridgehead atoms. The monoisotopic (exact) mass is 709 g/mol. The van der Waals surface area contributed by atoms with Crippen molar-refractivity contribution in [3.63, 3.8) is 0 Å². The molecule has 0 aromatic heterocycles. The average Bonchev–Trinajstić information content (AvgIpc) is 2.93. The van der Waals surface area contributed by atoms with Gasteiger partial charge in [0.25, 0.3) is 0 Å². The molecule has 0 aliphatic rings. The number of aliphatic hydroxyl groups is 1. The minimum atomic E-state index is -0.664. The minimum Gasteiger partial charge on any atom is -1.00 e. The van der Waals surface area contributed by atoms with Crippen LogP contribution in [0.4, 0.5) is 0 Å². The number of carbonyl (C=O) groups excluding carboxylic acids is 2. The van der Waals surface area contributed by atoms with E-state index in [4.69, 9.17) is 4.74 Å². The van der Waals surface area contributed by atoms with Gasteiger partial charge in [0.05, 0.1) is 33.9 Å². The zero-order valence-corrected chi connectivity index (χ0v) is 30.3. The first-order chi connectivity index (χ1) is 19.8. The number of quaternary nitrogens is 1. The molecule has 0 aliphatic carbocycles. The summed E-state index contributed by atoms with van der Waals surface area (Å²) < 4.78 is 11.2. The topological polar surface area (TPSA) is 72.8 Å². The smallest absolute Gasteiger partial charge is 0.362 e. The number of hydrogen-bond donors (Lipinski definition) is 1. The number of carbonyl (C=O) groups is 2. The van der Waals surface area contributed by atoms with Gasteiger partial charge in [-0.15, -0.1) is 0 Å². The Morgan fingerprint density at radius 1 is 0.714 bits per heavy atom. The van der Waals surface area contributed by atoms with Gasteiger partial charge in [0.15, 0.2) is 6.54 Å². The minimum absolute atomic E-state index is 0. The number of allylic oxidation sites excluding steroid dienone is 1. The Morgan fingerprint density at radius 3 is 1.83 bits per heavy atom. The molecule has 0 saturated carbocycles. The predicted molar refractivity (Wildman–Crippen MR) is 172 cm³/mol. The molecule has 7 heteroatoms. The number of aliphatic hydroxyl groups excluding tert-OH is 1. The van der Waals surface area contributed by atoms with Crippen molar-refractivity contribution in [2.45, 2.75) is 167 Å². The van der Waals surface area contributed by atoms with E-state index in [9.17, 15) is 14.7 Å². The summed E-state index contributed by atoms with van der Waals surface area (Å²) >= 11 is 0. The maximum Gasteiger partial charge on any atom is 0.362 e. The van der Waals surface area contributed by atoms with Crippen molar-refractivity contribution in [2.75, 3.05) is 34.3 Å². The molecule has 6 nitrogen and oxygen atoms in total. The first-order valence-electron chi connectivity index (χ1n) is 17.2. The van der Waals surface area contributed by atoms with E-state index in [1.54, 1.807) is 0 Å². The number of esters is 2. The zero-order valence-electron chi connectivity index (χ0n) is 28.2. The molecule has 0 radical (unpaired) electrons. The fraction of sp³-hybridized carbons (Fsp3) is 0.886. The lowest BCUT2D eigenvalue weighted by Gasteiger charge is -2.30. The summed E-state index contributed by atoms with van der Waals surface area (Å²) in [4.78, 5) is 24.0. The molecule has 0 rings (SSSR count). The lowest BCUT2D eigenvalue weighted by atomic mass is 10.0. The number of halogens is 1. The van der Waals surface area contributed by atoms with E-state index in [2.05, 4.69) is 38.8 Å². The van der Waals surface area contributed by atoms with Gasteiger partial charge in [0.1, 0.15) is 6.10 Å². The van der Waals surface area contributed by atoms with Gasteiger partial charge in [0.2, 0.25) is 0 Å². The molecule has 2 atom stereocenters. The summed E-state index contributed by atoms with van der Waals surface area (Å²) in [7, 11) is 5.66. The molecule has 42 heavy (non-hydrogen) atoms. The SMILES string of the molecule is CCCCCCCCCCCC[N+](C)(C)CC(=O)OC(CCCCC)C(O)C/C=C/CCCCCCCC(=O)OC.[I-]. The number of nitrogens with zero attached hydrogens (tertiary/aromatic N) is 1. The second-order valence-electron chi connectivity index (χ2n) is 12.7. The quantitative estimate of drug-likeness (QED) is 0.0356. The van der Waals surface area contributed by atoms with Gasteiger partial charge in [-0.3, -0.25) is 4.79 Å². The van der Waals surface area contributed by atoms with Gasteiger partial charge >= 0.3 is 11.9 Å².